The number of halogens is 3. The Hall–Kier alpha value is -4.54. The van der Waals surface area contributed by atoms with E-state index in [1.54, 1.807) is 36.5 Å². The zero-order valence-electron chi connectivity index (χ0n) is 22.5. The van der Waals surface area contributed by atoms with Crippen LogP contribution in [0.5, 0.6) is 0 Å². The summed E-state index contributed by atoms with van der Waals surface area (Å²) in [6.07, 6.45) is -3.31. The second-order valence-corrected chi connectivity index (χ2v) is 11.7. The molecule has 5 aromatic rings. The first-order chi connectivity index (χ1) is 20.4. The van der Waals surface area contributed by atoms with Gasteiger partial charge < -0.3 is 5.32 Å². The minimum absolute atomic E-state index is 0.519. The van der Waals surface area contributed by atoms with E-state index in [2.05, 4.69) is 35.6 Å². The molecule has 0 saturated heterocycles. The van der Waals surface area contributed by atoms with Gasteiger partial charge in [-0.15, -0.1) is 0 Å². The van der Waals surface area contributed by atoms with Crippen LogP contribution in [0.25, 0.3) is 0 Å². The second-order valence-electron chi connectivity index (χ2n) is 9.56. The summed E-state index contributed by atoms with van der Waals surface area (Å²) in [6.45, 7) is 0. The Balaban J connectivity index is 1.62. The molecule has 42 heavy (non-hydrogen) atoms. The Morgan fingerprint density at radius 1 is 0.643 bits per heavy atom. The standard InChI is InChI=1S/C35H28F3N2OP/c36-35(37,38)34(41)40-33(27-17-7-2-8-18-27)32(26-15-5-1-6-16-26)39-25-28-19-13-14-24-31(28)42(29-20-9-3-10-21-29)30-22-11-4-12-23-30/h1-25,32-33H,(H,40,41)/b39-25+/t32-,33-/m0/s1. The first kappa shape index (κ1) is 29.0. The van der Waals surface area contributed by atoms with E-state index in [0.29, 0.717) is 11.1 Å². The average molecular weight is 581 g/mol. The number of carbonyl (C=O) groups excluding carboxylic acids is 1. The van der Waals surface area contributed by atoms with Crippen molar-refractivity contribution >= 4 is 36.0 Å². The predicted octanol–water partition coefficient (Wildman–Crippen LogP) is 7.02. The maximum atomic E-state index is 13.5. The van der Waals surface area contributed by atoms with E-state index < -0.39 is 32.1 Å². The molecule has 0 spiro atoms. The van der Waals surface area contributed by atoms with Crippen LogP contribution in [0, 0.1) is 0 Å². The number of hydrogen-bond donors (Lipinski definition) is 1. The van der Waals surface area contributed by atoms with Crippen molar-refractivity contribution in [2.24, 2.45) is 4.99 Å². The summed E-state index contributed by atoms with van der Waals surface area (Å²) in [5.41, 5.74) is 2.05. The van der Waals surface area contributed by atoms with Crippen molar-refractivity contribution in [3.8, 4) is 0 Å². The Bertz CT molecular complexity index is 1570. The molecular formula is C35H28F3N2OP. The highest BCUT2D eigenvalue weighted by Crippen LogP contribution is 2.36. The van der Waals surface area contributed by atoms with Gasteiger partial charge in [0.2, 0.25) is 0 Å². The van der Waals surface area contributed by atoms with Crippen molar-refractivity contribution in [1.29, 1.82) is 0 Å². The van der Waals surface area contributed by atoms with Gasteiger partial charge >= 0.3 is 12.1 Å². The van der Waals surface area contributed by atoms with Gasteiger partial charge in [0.05, 0.1) is 12.1 Å². The normalized spacial score (nSPS) is 13.1. The lowest BCUT2D eigenvalue weighted by atomic mass is 9.93. The molecule has 0 bridgehead atoms. The largest absolute Gasteiger partial charge is 0.471 e. The third kappa shape index (κ3) is 7.02. The number of nitrogens with zero attached hydrogens (tertiary/aromatic N) is 1. The van der Waals surface area contributed by atoms with Gasteiger partial charge in [-0.2, -0.15) is 13.2 Å². The Labute approximate surface area is 244 Å². The Kier molecular flexibility index (Phi) is 9.25. The van der Waals surface area contributed by atoms with Crippen molar-refractivity contribution in [3.05, 3.63) is 162 Å². The van der Waals surface area contributed by atoms with Crippen LogP contribution >= 0.6 is 7.92 Å². The van der Waals surface area contributed by atoms with Gasteiger partial charge in [-0.25, -0.2) is 0 Å². The maximum absolute atomic E-state index is 13.5. The van der Waals surface area contributed by atoms with Crippen LogP contribution < -0.4 is 21.2 Å². The van der Waals surface area contributed by atoms with Crippen molar-refractivity contribution in [2.75, 3.05) is 0 Å². The maximum Gasteiger partial charge on any atom is 0.471 e. The van der Waals surface area contributed by atoms with Crippen LogP contribution in [0.3, 0.4) is 0 Å². The van der Waals surface area contributed by atoms with Gasteiger partial charge in [-0.1, -0.05) is 146 Å². The van der Waals surface area contributed by atoms with Crippen LogP contribution in [0.4, 0.5) is 13.2 Å². The van der Waals surface area contributed by atoms with Gasteiger partial charge in [0.15, 0.2) is 0 Å². The highest BCUT2D eigenvalue weighted by molar-refractivity contribution is 7.80. The van der Waals surface area contributed by atoms with Gasteiger partial charge in [0, 0.05) is 11.8 Å². The van der Waals surface area contributed by atoms with Gasteiger partial charge in [0.25, 0.3) is 0 Å². The van der Waals surface area contributed by atoms with E-state index in [1.807, 2.05) is 84.9 Å². The molecule has 3 nitrogen and oxygen atoms in total. The molecule has 0 unspecified atom stereocenters. The zero-order chi connectivity index (χ0) is 29.4. The highest BCUT2D eigenvalue weighted by Gasteiger charge is 2.41. The number of nitrogens with one attached hydrogen (secondary N) is 1. The predicted molar refractivity (Wildman–Crippen MR) is 165 cm³/mol. The topological polar surface area (TPSA) is 41.5 Å². The summed E-state index contributed by atoms with van der Waals surface area (Å²) in [4.78, 5) is 17.1. The monoisotopic (exact) mass is 580 g/mol. The van der Waals surface area contributed by atoms with E-state index in [-0.39, 0.29) is 0 Å². The van der Waals surface area contributed by atoms with Crippen LogP contribution in [-0.2, 0) is 4.79 Å². The lowest BCUT2D eigenvalue weighted by Crippen LogP contribution is -2.41. The summed E-state index contributed by atoms with van der Waals surface area (Å²) in [6, 6.07) is 44.2. The van der Waals surface area contributed by atoms with Crippen LogP contribution in [0.2, 0.25) is 0 Å². The summed E-state index contributed by atoms with van der Waals surface area (Å²) in [5, 5.41) is 5.62. The minimum atomic E-state index is -5.04. The molecule has 0 aliphatic carbocycles. The summed E-state index contributed by atoms with van der Waals surface area (Å²) < 4.78 is 40.4. The summed E-state index contributed by atoms with van der Waals surface area (Å²) in [7, 11) is -0.950. The molecule has 1 amide bonds. The van der Waals surface area contributed by atoms with E-state index in [1.165, 1.54) is 10.6 Å². The second kappa shape index (κ2) is 13.4. The van der Waals surface area contributed by atoms with Crippen molar-refractivity contribution in [2.45, 2.75) is 18.3 Å². The number of benzene rings is 5. The molecule has 7 heteroatoms. The fourth-order valence-corrected chi connectivity index (χ4v) is 7.21. The first-order valence-electron chi connectivity index (χ1n) is 13.4. The van der Waals surface area contributed by atoms with E-state index in [0.717, 1.165) is 10.9 Å². The molecule has 5 rings (SSSR count). The zero-order valence-corrected chi connectivity index (χ0v) is 23.4. The van der Waals surface area contributed by atoms with Crippen LogP contribution in [0.1, 0.15) is 28.8 Å². The number of alkyl halides is 3. The smallest absolute Gasteiger partial charge is 0.339 e. The van der Waals surface area contributed by atoms with E-state index in [4.69, 9.17) is 4.99 Å². The van der Waals surface area contributed by atoms with Crippen molar-refractivity contribution in [3.63, 3.8) is 0 Å². The lowest BCUT2D eigenvalue weighted by Gasteiger charge is -2.27. The number of rotatable bonds is 9. The van der Waals surface area contributed by atoms with Gasteiger partial charge in [-0.05, 0) is 35.0 Å². The molecule has 0 radical (unpaired) electrons. The molecule has 0 aliphatic rings. The van der Waals surface area contributed by atoms with Crippen molar-refractivity contribution < 1.29 is 18.0 Å². The van der Waals surface area contributed by atoms with Crippen LogP contribution in [0.15, 0.2) is 151 Å². The highest BCUT2D eigenvalue weighted by atomic mass is 31.1. The molecule has 0 heterocycles. The summed E-state index contributed by atoms with van der Waals surface area (Å²) >= 11 is 0. The number of aliphatic imine (C=N–C) groups is 1. The summed E-state index contributed by atoms with van der Waals surface area (Å²) in [5.74, 6) is -2.01. The van der Waals surface area contributed by atoms with E-state index >= 15 is 0 Å². The first-order valence-corrected chi connectivity index (χ1v) is 14.8. The molecule has 0 aromatic heterocycles. The SMILES string of the molecule is O=C(N[C@@H](c1ccccc1)[C@@H](/N=C/c1ccccc1P(c1ccccc1)c1ccccc1)c1ccccc1)C(F)(F)F. The lowest BCUT2D eigenvalue weighted by molar-refractivity contribution is -0.174. The molecule has 1 N–H and O–H groups in total. The molecule has 0 aliphatic heterocycles. The fraction of sp³-hybridized carbons (Fsp3) is 0.0857. The Morgan fingerprint density at radius 2 is 1.10 bits per heavy atom. The molecular weight excluding hydrogens is 552 g/mol. The van der Waals surface area contributed by atoms with Crippen molar-refractivity contribution in [1.82, 2.24) is 5.32 Å². The molecule has 210 valence electrons. The van der Waals surface area contributed by atoms with Gasteiger partial charge in [-0.3, -0.25) is 9.79 Å². The molecule has 0 fully saturated rings. The quantitative estimate of drug-likeness (QED) is 0.148. The number of carbonyl (C=O) groups is 1. The molecule has 2 atom stereocenters. The third-order valence-electron chi connectivity index (χ3n) is 6.74. The number of hydrogen-bond acceptors (Lipinski definition) is 2. The fourth-order valence-electron chi connectivity index (χ4n) is 4.79. The average Bonchev–Trinajstić information content (AvgIpc) is 3.03. The van der Waals surface area contributed by atoms with Gasteiger partial charge in [0.1, 0.15) is 0 Å². The minimum Gasteiger partial charge on any atom is -0.339 e. The van der Waals surface area contributed by atoms with E-state index in [9.17, 15) is 18.0 Å². The number of amides is 1. The Morgan fingerprint density at radius 3 is 1.62 bits per heavy atom. The van der Waals surface area contributed by atoms with Crippen LogP contribution in [-0.4, -0.2) is 18.3 Å². The molecule has 5 aromatic carbocycles. The molecule has 0 saturated carbocycles. The third-order valence-corrected chi connectivity index (χ3v) is 9.26.